The molecule has 5 heteroatoms. The zero-order valence-electron chi connectivity index (χ0n) is 11.2. The molecule has 0 saturated heterocycles. The molecule has 1 aliphatic carbocycles. The van der Waals surface area contributed by atoms with Crippen molar-refractivity contribution in [3.63, 3.8) is 0 Å². The molecule has 0 spiro atoms. The monoisotopic (exact) mass is 251 g/mol. The molecule has 0 aliphatic heterocycles. The number of carbonyl (C=O) groups excluding carboxylic acids is 1. The molecule has 1 aromatic rings. The number of ether oxygens (including phenoxy) is 1. The summed E-state index contributed by atoms with van der Waals surface area (Å²) in [6.45, 7) is 4.40. The number of rotatable bonds is 2. The van der Waals surface area contributed by atoms with Crippen molar-refractivity contribution in [3.8, 4) is 0 Å². The normalized spacial score (nSPS) is 28.1. The van der Waals surface area contributed by atoms with Crippen LogP contribution in [0.3, 0.4) is 0 Å². The maximum atomic E-state index is 12.0. The van der Waals surface area contributed by atoms with E-state index in [4.69, 9.17) is 10.5 Å². The van der Waals surface area contributed by atoms with Gasteiger partial charge in [-0.3, -0.25) is 4.68 Å². The lowest BCUT2D eigenvalue weighted by molar-refractivity contribution is 0.00749. The maximum Gasteiger partial charge on any atom is 0.361 e. The molecule has 2 rings (SSSR count). The molecule has 1 aliphatic rings. The number of aromatic nitrogens is 2. The molecule has 0 aromatic carbocycles. The first kappa shape index (κ1) is 12.9. The van der Waals surface area contributed by atoms with Gasteiger partial charge in [0.15, 0.2) is 5.69 Å². The first-order valence-electron chi connectivity index (χ1n) is 6.45. The van der Waals surface area contributed by atoms with Crippen LogP contribution >= 0.6 is 0 Å². The summed E-state index contributed by atoms with van der Waals surface area (Å²) in [4.78, 5) is 12.0. The molecule has 0 bridgehead atoms. The number of hydrogen-bond donors (Lipinski definition) is 1. The standard InChI is InChI=1S/C13H21N3O2/c1-8-4-9(2)6-10(5-8)18-13(17)12-11(14)7-16(3)15-12/h7-10H,4-6,14H2,1-3H3. The Morgan fingerprint density at radius 2 is 2.00 bits per heavy atom. The van der Waals surface area contributed by atoms with E-state index >= 15 is 0 Å². The van der Waals surface area contributed by atoms with Gasteiger partial charge in [-0.05, 0) is 31.1 Å². The van der Waals surface area contributed by atoms with Gasteiger partial charge in [0.05, 0.1) is 5.69 Å². The van der Waals surface area contributed by atoms with E-state index in [9.17, 15) is 4.79 Å². The van der Waals surface area contributed by atoms with Crippen LogP contribution in [0.5, 0.6) is 0 Å². The minimum atomic E-state index is -0.403. The molecule has 2 unspecified atom stereocenters. The predicted molar refractivity (Wildman–Crippen MR) is 69.0 cm³/mol. The lowest BCUT2D eigenvalue weighted by Gasteiger charge is -2.30. The Hall–Kier alpha value is -1.52. The first-order valence-corrected chi connectivity index (χ1v) is 6.45. The second-order valence-electron chi connectivity index (χ2n) is 5.55. The first-order chi connectivity index (χ1) is 8.45. The molecule has 100 valence electrons. The van der Waals surface area contributed by atoms with Crippen LogP contribution in [-0.2, 0) is 11.8 Å². The van der Waals surface area contributed by atoms with E-state index in [1.807, 2.05) is 0 Å². The minimum absolute atomic E-state index is 0.00217. The molecule has 1 fully saturated rings. The minimum Gasteiger partial charge on any atom is -0.458 e. The number of carbonyl (C=O) groups is 1. The predicted octanol–water partition coefficient (Wildman–Crippen LogP) is 1.98. The summed E-state index contributed by atoms with van der Waals surface area (Å²) in [5.41, 5.74) is 6.32. The Kier molecular flexibility index (Phi) is 3.59. The third-order valence-electron chi connectivity index (χ3n) is 3.46. The van der Waals surface area contributed by atoms with Crippen molar-refractivity contribution >= 4 is 11.7 Å². The van der Waals surface area contributed by atoms with Gasteiger partial charge in [0.2, 0.25) is 0 Å². The van der Waals surface area contributed by atoms with Gasteiger partial charge in [-0.1, -0.05) is 13.8 Å². The third-order valence-corrected chi connectivity index (χ3v) is 3.46. The quantitative estimate of drug-likeness (QED) is 0.816. The highest BCUT2D eigenvalue weighted by Gasteiger charge is 2.28. The highest BCUT2D eigenvalue weighted by atomic mass is 16.5. The molecular weight excluding hydrogens is 230 g/mol. The molecule has 1 saturated carbocycles. The zero-order chi connectivity index (χ0) is 13.3. The van der Waals surface area contributed by atoms with Crippen LogP contribution in [0.25, 0.3) is 0 Å². The Morgan fingerprint density at radius 1 is 1.39 bits per heavy atom. The van der Waals surface area contributed by atoms with E-state index in [1.165, 1.54) is 11.1 Å². The molecule has 18 heavy (non-hydrogen) atoms. The number of aryl methyl sites for hydroxylation is 1. The molecule has 2 N–H and O–H groups in total. The van der Waals surface area contributed by atoms with Gasteiger partial charge in [-0.2, -0.15) is 5.10 Å². The van der Waals surface area contributed by atoms with E-state index in [-0.39, 0.29) is 11.8 Å². The lowest BCUT2D eigenvalue weighted by atomic mass is 9.82. The van der Waals surface area contributed by atoms with E-state index in [2.05, 4.69) is 18.9 Å². The van der Waals surface area contributed by atoms with Crippen molar-refractivity contribution in [3.05, 3.63) is 11.9 Å². The van der Waals surface area contributed by atoms with Gasteiger partial charge in [0, 0.05) is 13.2 Å². The summed E-state index contributed by atoms with van der Waals surface area (Å²) < 4.78 is 7.04. The fourth-order valence-corrected chi connectivity index (χ4v) is 2.84. The van der Waals surface area contributed by atoms with Crippen LogP contribution in [0.15, 0.2) is 6.20 Å². The average Bonchev–Trinajstić information content (AvgIpc) is 2.56. The van der Waals surface area contributed by atoms with Crippen LogP contribution in [0.4, 0.5) is 5.69 Å². The number of hydrogen-bond acceptors (Lipinski definition) is 4. The van der Waals surface area contributed by atoms with Crippen molar-refractivity contribution in [2.24, 2.45) is 18.9 Å². The summed E-state index contributed by atoms with van der Waals surface area (Å²) in [5, 5.41) is 4.03. The zero-order valence-corrected chi connectivity index (χ0v) is 11.2. The van der Waals surface area contributed by atoms with Crippen LogP contribution in [-0.4, -0.2) is 21.9 Å². The number of anilines is 1. The van der Waals surface area contributed by atoms with Crippen molar-refractivity contribution in [2.75, 3.05) is 5.73 Å². The molecule has 1 heterocycles. The topological polar surface area (TPSA) is 70.1 Å². The molecule has 0 amide bonds. The van der Waals surface area contributed by atoms with Crippen LogP contribution in [0, 0.1) is 11.8 Å². The number of nitrogens with two attached hydrogens (primary N) is 1. The summed E-state index contributed by atoms with van der Waals surface area (Å²) in [6, 6.07) is 0. The Morgan fingerprint density at radius 3 is 2.50 bits per heavy atom. The van der Waals surface area contributed by atoms with Gasteiger partial charge in [0.1, 0.15) is 6.10 Å². The lowest BCUT2D eigenvalue weighted by Crippen LogP contribution is -2.28. The van der Waals surface area contributed by atoms with Crippen molar-refractivity contribution in [1.29, 1.82) is 0 Å². The summed E-state index contributed by atoms with van der Waals surface area (Å²) in [5.74, 6) is 0.805. The van der Waals surface area contributed by atoms with Gasteiger partial charge < -0.3 is 10.5 Å². The van der Waals surface area contributed by atoms with Crippen molar-refractivity contribution in [1.82, 2.24) is 9.78 Å². The second kappa shape index (κ2) is 5.00. The molecule has 2 atom stereocenters. The fourth-order valence-electron chi connectivity index (χ4n) is 2.84. The van der Waals surface area contributed by atoms with Gasteiger partial charge in [-0.25, -0.2) is 4.79 Å². The summed E-state index contributed by atoms with van der Waals surface area (Å²) in [7, 11) is 1.73. The number of nitrogens with zero attached hydrogens (tertiary/aromatic N) is 2. The van der Waals surface area contributed by atoms with E-state index in [0.717, 1.165) is 12.8 Å². The van der Waals surface area contributed by atoms with E-state index in [0.29, 0.717) is 17.5 Å². The SMILES string of the molecule is CC1CC(C)CC(OC(=O)c2nn(C)cc2N)C1. The average molecular weight is 251 g/mol. The fraction of sp³-hybridized carbons (Fsp3) is 0.692. The second-order valence-corrected chi connectivity index (χ2v) is 5.55. The Balaban J connectivity index is 2.01. The van der Waals surface area contributed by atoms with Gasteiger partial charge in [0.25, 0.3) is 0 Å². The van der Waals surface area contributed by atoms with E-state index < -0.39 is 5.97 Å². The largest absolute Gasteiger partial charge is 0.458 e. The third kappa shape index (κ3) is 2.83. The van der Waals surface area contributed by atoms with Crippen LogP contribution < -0.4 is 5.73 Å². The van der Waals surface area contributed by atoms with Crippen molar-refractivity contribution < 1.29 is 9.53 Å². The number of esters is 1. The number of nitrogen functional groups attached to an aromatic ring is 1. The maximum absolute atomic E-state index is 12.0. The highest BCUT2D eigenvalue weighted by Crippen LogP contribution is 2.30. The van der Waals surface area contributed by atoms with Crippen molar-refractivity contribution in [2.45, 2.75) is 39.2 Å². The molecular formula is C13H21N3O2. The molecule has 5 nitrogen and oxygen atoms in total. The van der Waals surface area contributed by atoms with Crippen LogP contribution in [0.2, 0.25) is 0 Å². The van der Waals surface area contributed by atoms with Gasteiger partial charge >= 0.3 is 5.97 Å². The molecule has 1 aromatic heterocycles. The van der Waals surface area contributed by atoms with E-state index in [1.54, 1.807) is 13.2 Å². The van der Waals surface area contributed by atoms with Gasteiger partial charge in [-0.15, -0.1) is 0 Å². The molecule has 0 radical (unpaired) electrons. The summed E-state index contributed by atoms with van der Waals surface area (Å²) in [6.07, 6.45) is 4.69. The Labute approximate surface area is 107 Å². The van der Waals surface area contributed by atoms with Crippen LogP contribution in [0.1, 0.15) is 43.6 Å². The Bertz CT molecular complexity index is 431. The highest BCUT2D eigenvalue weighted by molar-refractivity contribution is 5.92. The smallest absolute Gasteiger partial charge is 0.361 e. The summed E-state index contributed by atoms with van der Waals surface area (Å²) >= 11 is 0.